The van der Waals surface area contributed by atoms with Crippen LogP contribution in [0.25, 0.3) is 16.9 Å². The maximum atomic E-state index is 12.9. The van der Waals surface area contributed by atoms with Gasteiger partial charge in [0.1, 0.15) is 11.7 Å². The highest BCUT2D eigenvalue weighted by atomic mass is 16.1. The Labute approximate surface area is 175 Å². The van der Waals surface area contributed by atoms with Gasteiger partial charge in [-0.05, 0) is 67.8 Å². The second-order valence-corrected chi connectivity index (χ2v) is 7.52. The number of aryl methyl sites for hydroxylation is 3. The summed E-state index contributed by atoms with van der Waals surface area (Å²) in [4.78, 5) is 17.7. The van der Waals surface area contributed by atoms with E-state index >= 15 is 0 Å². The molecule has 2 aromatic carbocycles. The van der Waals surface area contributed by atoms with Crippen molar-refractivity contribution < 1.29 is 4.79 Å². The average Bonchev–Trinajstić information content (AvgIpc) is 3.07. The molecule has 30 heavy (non-hydrogen) atoms. The third-order valence-corrected chi connectivity index (χ3v) is 5.31. The van der Waals surface area contributed by atoms with Crippen LogP contribution in [0.2, 0.25) is 0 Å². The Hall–Kier alpha value is -3.91. The van der Waals surface area contributed by atoms with Gasteiger partial charge < -0.3 is 9.72 Å². The van der Waals surface area contributed by atoms with Crippen LogP contribution >= 0.6 is 0 Å². The molecule has 0 atom stereocenters. The summed E-state index contributed by atoms with van der Waals surface area (Å²) in [7, 11) is 0. The maximum absolute atomic E-state index is 12.9. The molecule has 1 amide bonds. The van der Waals surface area contributed by atoms with Crippen LogP contribution in [0.15, 0.2) is 60.8 Å². The van der Waals surface area contributed by atoms with Crippen LogP contribution in [-0.2, 0) is 11.2 Å². The van der Waals surface area contributed by atoms with Crippen molar-refractivity contribution >= 4 is 17.2 Å². The topological polar surface area (TPSA) is 70.2 Å². The summed E-state index contributed by atoms with van der Waals surface area (Å²) in [6.07, 6.45) is 2.10. The van der Waals surface area contributed by atoms with E-state index in [0.29, 0.717) is 11.3 Å². The lowest BCUT2D eigenvalue weighted by molar-refractivity contribution is -0.115. The van der Waals surface area contributed by atoms with Crippen LogP contribution in [0.3, 0.4) is 0 Å². The predicted molar refractivity (Wildman–Crippen MR) is 118 cm³/mol. The van der Waals surface area contributed by atoms with Crippen molar-refractivity contribution in [1.82, 2.24) is 9.38 Å². The molecule has 0 saturated carbocycles. The highest BCUT2D eigenvalue weighted by Gasteiger charge is 2.18. The summed E-state index contributed by atoms with van der Waals surface area (Å²) in [5, 5.41) is 12.2. The van der Waals surface area contributed by atoms with Gasteiger partial charge in [-0.25, -0.2) is 4.98 Å². The lowest BCUT2D eigenvalue weighted by atomic mass is 10.0. The zero-order valence-corrected chi connectivity index (χ0v) is 17.2. The fourth-order valence-electron chi connectivity index (χ4n) is 3.52. The number of hydrogen-bond donors (Lipinski definition) is 1. The molecule has 0 spiro atoms. The van der Waals surface area contributed by atoms with Crippen molar-refractivity contribution in [3.8, 4) is 17.3 Å². The van der Waals surface area contributed by atoms with Gasteiger partial charge in [0.25, 0.3) is 0 Å². The van der Waals surface area contributed by atoms with Gasteiger partial charge in [0.15, 0.2) is 0 Å². The molecule has 0 unspecified atom stereocenters. The van der Waals surface area contributed by atoms with E-state index in [1.54, 1.807) is 24.3 Å². The zero-order chi connectivity index (χ0) is 21.3. The van der Waals surface area contributed by atoms with Gasteiger partial charge in [0.05, 0.1) is 29.1 Å². The Morgan fingerprint density at radius 3 is 2.63 bits per heavy atom. The van der Waals surface area contributed by atoms with Gasteiger partial charge in [0.2, 0.25) is 5.91 Å². The van der Waals surface area contributed by atoms with Crippen molar-refractivity contribution in [2.45, 2.75) is 27.2 Å². The average molecular weight is 394 g/mol. The van der Waals surface area contributed by atoms with Crippen LogP contribution in [-0.4, -0.2) is 15.3 Å². The Kier molecular flexibility index (Phi) is 5.07. The molecule has 0 aliphatic carbocycles. The first kappa shape index (κ1) is 19.4. The molecule has 2 aromatic heterocycles. The van der Waals surface area contributed by atoms with Crippen LogP contribution in [0.1, 0.15) is 27.9 Å². The fourth-order valence-corrected chi connectivity index (χ4v) is 3.52. The number of aromatic nitrogens is 2. The third-order valence-electron chi connectivity index (χ3n) is 5.31. The van der Waals surface area contributed by atoms with Crippen LogP contribution in [0, 0.1) is 32.1 Å². The first-order chi connectivity index (χ1) is 14.5. The van der Waals surface area contributed by atoms with E-state index in [9.17, 15) is 10.1 Å². The number of rotatable bonds is 4. The number of anilines is 1. The highest BCUT2D eigenvalue weighted by Crippen LogP contribution is 2.27. The largest absolute Gasteiger partial charge is 0.325 e. The van der Waals surface area contributed by atoms with Gasteiger partial charge in [-0.1, -0.05) is 24.3 Å². The molecule has 0 aliphatic heterocycles. The number of amides is 1. The number of carbonyl (C=O) groups is 1. The third kappa shape index (κ3) is 3.68. The molecule has 5 heteroatoms. The SMILES string of the molecule is Cc1ccn2c(CC(=O)Nc3ccccc3C#N)c(-c3ccc(C)c(C)c3)nc2c1. The number of nitrogens with one attached hydrogen (secondary N) is 1. The first-order valence-corrected chi connectivity index (χ1v) is 9.80. The van der Waals surface area contributed by atoms with E-state index < -0.39 is 0 Å². The van der Waals surface area contributed by atoms with E-state index in [2.05, 4.69) is 37.4 Å². The number of para-hydroxylation sites is 1. The van der Waals surface area contributed by atoms with Gasteiger partial charge >= 0.3 is 0 Å². The predicted octanol–water partition coefficient (Wildman–Crippen LogP) is 4.98. The van der Waals surface area contributed by atoms with E-state index in [4.69, 9.17) is 4.98 Å². The molecule has 0 bridgehead atoms. The van der Waals surface area contributed by atoms with Gasteiger partial charge in [-0.15, -0.1) is 0 Å². The molecule has 5 nitrogen and oxygen atoms in total. The summed E-state index contributed by atoms with van der Waals surface area (Å²) in [5.41, 5.74) is 7.87. The summed E-state index contributed by atoms with van der Waals surface area (Å²) < 4.78 is 1.97. The molecule has 0 aliphatic rings. The molecule has 0 saturated heterocycles. The highest BCUT2D eigenvalue weighted by molar-refractivity contribution is 5.94. The number of nitrogens with zero attached hydrogens (tertiary/aromatic N) is 3. The molecule has 0 radical (unpaired) electrons. The number of fused-ring (bicyclic) bond motifs is 1. The van der Waals surface area contributed by atoms with Crippen molar-refractivity contribution in [2.24, 2.45) is 0 Å². The smallest absolute Gasteiger partial charge is 0.230 e. The lowest BCUT2D eigenvalue weighted by Crippen LogP contribution is -2.16. The zero-order valence-electron chi connectivity index (χ0n) is 17.2. The van der Waals surface area contributed by atoms with E-state index in [1.807, 2.05) is 35.7 Å². The van der Waals surface area contributed by atoms with Crippen LogP contribution in [0.4, 0.5) is 5.69 Å². The van der Waals surface area contributed by atoms with Crippen molar-refractivity contribution in [1.29, 1.82) is 5.26 Å². The lowest BCUT2D eigenvalue weighted by Gasteiger charge is -2.09. The van der Waals surface area contributed by atoms with Crippen molar-refractivity contribution in [3.63, 3.8) is 0 Å². The summed E-state index contributed by atoms with van der Waals surface area (Å²) in [5.74, 6) is -0.190. The van der Waals surface area contributed by atoms with Crippen molar-refractivity contribution in [2.75, 3.05) is 5.32 Å². The monoisotopic (exact) mass is 394 g/mol. The Morgan fingerprint density at radius 1 is 1.07 bits per heavy atom. The summed E-state index contributed by atoms with van der Waals surface area (Å²) in [6.45, 7) is 6.17. The number of benzene rings is 2. The number of hydrogen-bond acceptors (Lipinski definition) is 3. The normalized spacial score (nSPS) is 10.7. The molecular formula is C25H22N4O. The van der Waals surface area contributed by atoms with E-state index in [0.717, 1.165) is 28.2 Å². The quantitative estimate of drug-likeness (QED) is 0.531. The van der Waals surface area contributed by atoms with E-state index in [-0.39, 0.29) is 12.3 Å². The summed E-state index contributed by atoms with van der Waals surface area (Å²) in [6, 6.07) is 19.4. The number of nitriles is 1. The molecular weight excluding hydrogens is 372 g/mol. The molecule has 0 fully saturated rings. The molecule has 4 aromatic rings. The minimum Gasteiger partial charge on any atom is -0.325 e. The summed E-state index contributed by atoms with van der Waals surface area (Å²) >= 11 is 0. The number of carbonyl (C=O) groups excluding carboxylic acids is 1. The standard InChI is InChI=1S/C25H22N4O/c1-16-10-11-29-22(14-24(30)27-21-7-5-4-6-20(21)15-26)25(28-23(29)12-16)19-9-8-17(2)18(3)13-19/h4-13H,14H2,1-3H3,(H,27,30). The maximum Gasteiger partial charge on any atom is 0.230 e. The molecule has 2 heterocycles. The van der Waals surface area contributed by atoms with Crippen molar-refractivity contribution in [3.05, 3.63) is 88.7 Å². The second kappa shape index (κ2) is 7.84. The van der Waals surface area contributed by atoms with Gasteiger partial charge in [0, 0.05) is 11.8 Å². The molecule has 1 N–H and O–H groups in total. The fraction of sp³-hybridized carbons (Fsp3) is 0.160. The Bertz CT molecular complexity index is 1310. The minimum absolute atomic E-state index is 0.145. The Balaban J connectivity index is 1.76. The van der Waals surface area contributed by atoms with Crippen LogP contribution < -0.4 is 5.32 Å². The number of pyridine rings is 1. The van der Waals surface area contributed by atoms with Gasteiger partial charge in [-0.3, -0.25) is 4.79 Å². The van der Waals surface area contributed by atoms with E-state index in [1.165, 1.54) is 11.1 Å². The van der Waals surface area contributed by atoms with Gasteiger partial charge in [-0.2, -0.15) is 5.26 Å². The molecule has 4 rings (SSSR count). The molecule has 148 valence electrons. The second-order valence-electron chi connectivity index (χ2n) is 7.52. The minimum atomic E-state index is -0.190. The Morgan fingerprint density at radius 2 is 1.87 bits per heavy atom. The number of imidazole rings is 1. The van der Waals surface area contributed by atoms with Crippen LogP contribution in [0.5, 0.6) is 0 Å². The first-order valence-electron chi connectivity index (χ1n) is 9.80.